The SMILES string of the molecule is C[C@H](Sc1nc2ccccc2c(=O)n1-c1ccc(F)cc1)C(=O)N(C)c1ccccc1. The molecule has 1 aromatic heterocycles. The van der Waals surface area contributed by atoms with Gasteiger partial charge in [-0.3, -0.25) is 14.2 Å². The number of thioether (sulfide) groups is 1. The Kier molecular flexibility index (Phi) is 5.86. The zero-order valence-corrected chi connectivity index (χ0v) is 17.8. The van der Waals surface area contributed by atoms with Crippen LogP contribution in [0.25, 0.3) is 16.6 Å². The van der Waals surface area contributed by atoms with Crippen LogP contribution in [-0.2, 0) is 4.79 Å². The fourth-order valence-corrected chi connectivity index (χ4v) is 4.29. The van der Waals surface area contributed by atoms with E-state index in [1.165, 1.54) is 40.6 Å². The number of para-hydroxylation sites is 2. The second kappa shape index (κ2) is 8.73. The molecular weight excluding hydrogens is 413 g/mol. The molecule has 4 aromatic rings. The number of carbonyl (C=O) groups is 1. The highest BCUT2D eigenvalue weighted by Gasteiger charge is 2.23. The van der Waals surface area contributed by atoms with E-state index in [9.17, 15) is 14.0 Å². The van der Waals surface area contributed by atoms with Gasteiger partial charge in [-0.05, 0) is 55.5 Å². The molecule has 0 unspecified atom stereocenters. The number of anilines is 1. The van der Waals surface area contributed by atoms with Crippen LogP contribution in [0.3, 0.4) is 0 Å². The first kappa shape index (κ1) is 20.8. The van der Waals surface area contributed by atoms with E-state index in [2.05, 4.69) is 4.98 Å². The van der Waals surface area contributed by atoms with Gasteiger partial charge in [-0.1, -0.05) is 42.1 Å². The first-order valence-corrected chi connectivity index (χ1v) is 10.6. The third-order valence-electron chi connectivity index (χ3n) is 4.93. The van der Waals surface area contributed by atoms with Crippen LogP contribution in [0, 0.1) is 5.82 Å². The number of amides is 1. The highest BCUT2D eigenvalue weighted by molar-refractivity contribution is 8.00. The number of benzene rings is 3. The summed E-state index contributed by atoms with van der Waals surface area (Å²) in [7, 11) is 1.72. The number of fused-ring (bicyclic) bond motifs is 1. The van der Waals surface area contributed by atoms with E-state index in [-0.39, 0.29) is 11.5 Å². The van der Waals surface area contributed by atoms with Crippen LogP contribution < -0.4 is 10.5 Å². The largest absolute Gasteiger partial charge is 0.315 e. The summed E-state index contributed by atoms with van der Waals surface area (Å²) >= 11 is 1.20. The first-order valence-electron chi connectivity index (χ1n) is 9.72. The quantitative estimate of drug-likeness (QED) is 0.339. The number of halogens is 1. The van der Waals surface area contributed by atoms with Crippen molar-refractivity contribution in [2.24, 2.45) is 0 Å². The number of hydrogen-bond donors (Lipinski definition) is 0. The zero-order valence-electron chi connectivity index (χ0n) is 17.0. The predicted molar refractivity (Wildman–Crippen MR) is 122 cm³/mol. The highest BCUT2D eigenvalue weighted by atomic mass is 32.2. The van der Waals surface area contributed by atoms with Gasteiger partial charge in [-0.15, -0.1) is 0 Å². The van der Waals surface area contributed by atoms with E-state index in [0.29, 0.717) is 21.7 Å². The van der Waals surface area contributed by atoms with Crippen molar-refractivity contribution in [3.63, 3.8) is 0 Å². The van der Waals surface area contributed by atoms with Crippen molar-refractivity contribution < 1.29 is 9.18 Å². The topological polar surface area (TPSA) is 55.2 Å². The molecule has 7 heteroatoms. The summed E-state index contributed by atoms with van der Waals surface area (Å²) in [6, 6.07) is 22.0. The van der Waals surface area contributed by atoms with Crippen molar-refractivity contribution in [3.05, 3.63) is 95.0 Å². The van der Waals surface area contributed by atoms with Crippen molar-refractivity contribution in [2.45, 2.75) is 17.3 Å². The van der Waals surface area contributed by atoms with Crippen LogP contribution >= 0.6 is 11.8 Å². The summed E-state index contributed by atoms with van der Waals surface area (Å²) in [5.74, 6) is -0.517. The van der Waals surface area contributed by atoms with Gasteiger partial charge in [0.2, 0.25) is 5.91 Å². The van der Waals surface area contributed by atoms with E-state index in [1.54, 1.807) is 37.1 Å². The van der Waals surface area contributed by atoms with Gasteiger partial charge in [-0.2, -0.15) is 0 Å². The molecule has 0 spiro atoms. The Morgan fingerprint density at radius 1 is 1.00 bits per heavy atom. The smallest absolute Gasteiger partial charge is 0.266 e. The lowest BCUT2D eigenvalue weighted by Gasteiger charge is -2.22. The lowest BCUT2D eigenvalue weighted by Crippen LogP contribution is -2.33. The van der Waals surface area contributed by atoms with Crippen LogP contribution in [0.4, 0.5) is 10.1 Å². The summed E-state index contributed by atoms with van der Waals surface area (Å²) in [6.45, 7) is 1.78. The summed E-state index contributed by atoms with van der Waals surface area (Å²) < 4.78 is 14.9. The minimum Gasteiger partial charge on any atom is -0.315 e. The van der Waals surface area contributed by atoms with E-state index < -0.39 is 11.1 Å². The molecule has 3 aromatic carbocycles. The Bertz CT molecular complexity index is 1290. The van der Waals surface area contributed by atoms with Gasteiger partial charge in [0.15, 0.2) is 5.16 Å². The molecule has 0 aliphatic heterocycles. The Morgan fingerprint density at radius 3 is 2.35 bits per heavy atom. The molecule has 0 bridgehead atoms. The second-order valence-electron chi connectivity index (χ2n) is 7.02. The summed E-state index contributed by atoms with van der Waals surface area (Å²) in [5, 5.41) is 0.319. The maximum absolute atomic E-state index is 13.5. The lowest BCUT2D eigenvalue weighted by molar-refractivity contribution is -0.117. The molecule has 0 aliphatic carbocycles. The average Bonchev–Trinajstić information content (AvgIpc) is 2.80. The number of nitrogens with zero attached hydrogens (tertiary/aromatic N) is 3. The molecule has 0 fully saturated rings. The first-order chi connectivity index (χ1) is 15.0. The van der Waals surface area contributed by atoms with Crippen LogP contribution in [0.1, 0.15) is 6.92 Å². The molecule has 1 amide bonds. The summed E-state index contributed by atoms with van der Waals surface area (Å²) in [5.41, 5.74) is 1.55. The predicted octanol–water partition coefficient (Wildman–Crippen LogP) is 4.67. The van der Waals surface area contributed by atoms with Gasteiger partial charge in [0.1, 0.15) is 5.82 Å². The van der Waals surface area contributed by atoms with Crippen LogP contribution in [-0.4, -0.2) is 27.8 Å². The summed E-state index contributed by atoms with van der Waals surface area (Å²) in [4.78, 5) is 32.5. The van der Waals surface area contributed by atoms with Crippen molar-refractivity contribution >= 4 is 34.3 Å². The van der Waals surface area contributed by atoms with Crippen LogP contribution in [0.15, 0.2) is 88.8 Å². The third-order valence-corrected chi connectivity index (χ3v) is 5.97. The fraction of sp³-hybridized carbons (Fsp3) is 0.125. The molecule has 5 nitrogen and oxygen atoms in total. The minimum absolute atomic E-state index is 0.121. The van der Waals surface area contributed by atoms with E-state index >= 15 is 0 Å². The minimum atomic E-state index is -0.509. The van der Waals surface area contributed by atoms with Gasteiger partial charge in [0.05, 0.1) is 21.8 Å². The fourth-order valence-electron chi connectivity index (χ4n) is 3.27. The molecule has 0 aliphatic rings. The molecular formula is C24H20FN3O2S. The van der Waals surface area contributed by atoms with E-state index in [1.807, 2.05) is 36.4 Å². The molecule has 1 atom stereocenters. The monoisotopic (exact) mass is 433 g/mol. The Balaban J connectivity index is 1.75. The molecule has 156 valence electrons. The highest BCUT2D eigenvalue weighted by Crippen LogP contribution is 2.27. The molecule has 0 N–H and O–H groups in total. The summed E-state index contributed by atoms with van der Waals surface area (Å²) in [6.07, 6.45) is 0. The van der Waals surface area contributed by atoms with Crippen molar-refractivity contribution in [2.75, 3.05) is 11.9 Å². The Hall–Kier alpha value is -3.45. The van der Waals surface area contributed by atoms with Gasteiger partial charge >= 0.3 is 0 Å². The Morgan fingerprint density at radius 2 is 1.65 bits per heavy atom. The standard InChI is InChI=1S/C24H20FN3O2S/c1-16(22(29)27(2)18-8-4-3-5-9-18)31-24-26-21-11-7-6-10-20(21)23(30)28(24)19-14-12-17(25)13-15-19/h3-16H,1-2H3/t16-/m0/s1. The van der Waals surface area contributed by atoms with Crippen molar-refractivity contribution in [3.8, 4) is 5.69 Å². The van der Waals surface area contributed by atoms with E-state index in [0.717, 1.165) is 5.69 Å². The Labute approximate surface area is 183 Å². The molecule has 0 saturated heterocycles. The number of aromatic nitrogens is 2. The molecule has 1 heterocycles. The van der Waals surface area contributed by atoms with Gasteiger partial charge in [-0.25, -0.2) is 9.37 Å². The van der Waals surface area contributed by atoms with Gasteiger partial charge in [0, 0.05) is 12.7 Å². The molecule has 0 saturated carbocycles. The maximum Gasteiger partial charge on any atom is 0.266 e. The lowest BCUT2D eigenvalue weighted by atomic mass is 10.2. The average molecular weight is 434 g/mol. The molecule has 0 radical (unpaired) electrons. The van der Waals surface area contributed by atoms with Crippen molar-refractivity contribution in [1.29, 1.82) is 0 Å². The number of hydrogen-bond acceptors (Lipinski definition) is 4. The van der Waals surface area contributed by atoms with Crippen LogP contribution in [0.2, 0.25) is 0 Å². The van der Waals surface area contributed by atoms with Crippen molar-refractivity contribution in [1.82, 2.24) is 9.55 Å². The number of rotatable bonds is 5. The normalized spacial score (nSPS) is 12.0. The third kappa shape index (κ3) is 4.22. The maximum atomic E-state index is 13.5. The number of carbonyl (C=O) groups excluding carboxylic acids is 1. The molecule has 4 rings (SSSR count). The van der Waals surface area contributed by atoms with Gasteiger partial charge in [0.25, 0.3) is 5.56 Å². The van der Waals surface area contributed by atoms with Gasteiger partial charge < -0.3 is 4.90 Å². The van der Waals surface area contributed by atoms with Crippen LogP contribution in [0.5, 0.6) is 0 Å². The zero-order chi connectivity index (χ0) is 22.0. The second-order valence-corrected chi connectivity index (χ2v) is 8.33. The molecule has 31 heavy (non-hydrogen) atoms. The van der Waals surface area contributed by atoms with E-state index in [4.69, 9.17) is 0 Å².